The van der Waals surface area contributed by atoms with Crippen molar-refractivity contribution in [2.45, 2.75) is 0 Å². The van der Waals surface area contributed by atoms with Gasteiger partial charge in [0.1, 0.15) is 5.88 Å². The number of aromatic nitrogens is 1. The molecular weight excluding hydrogens is 346 g/mol. The highest BCUT2D eigenvalue weighted by Gasteiger charge is 2.20. The summed E-state index contributed by atoms with van der Waals surface area (Å²) in [6, 6.07) is 9.04. The first-order valence-electron chi connectivity index (χ1n) is 7.23. The van der Waals surface area contributed by atoms with E-state index in [4.69, 9.17) is 11.6 Å². The number of halogens is 1. The molecule has 0 unspecified atom stereocenters. The fourth-order valence-electron chi connectivity index (χ4n) is 1.97. The predicted molar refractivity (Wildman–Crippen MR) is 91.7 cm³/mol. The highest BCUT2D eigenvalue weighted by atomic mass is 35.5. The Balaban J connectivity index is 2.04. The van der Waals surface area contributed by atoms with Crippen LogP contribution in [-0.4, -0.2) is 40.8 Å². The first kappa shape index (κ1) is 18.3. The molecule has 1 aromatic carbocycles. The lowest BCUT2D eigenvalue weighted by Gasteiger charge is -2.09. The molecule has 7 nitrogen and oxygen atoms in total. The number of nitrogens with zero attached hydrogens (tertiary/aromatic N) is 1. The van der Waals surface area contributed by atoms with Gasteiger partial charge in [-0.15, -0.1) is 11.6 Å². The van der Waals surface area contributed by atoms with E-state index in [0.29, 0.717) is 5.56 Å². The van der Waals surface area contributed by atoms with Crippen LogP contribution in [-0.2, 0) is 9.59 Å². The summed E-state index contributed by atoms with van der Waals surface area (Å²) in [6.07, 6.45) is 2.88. The second-order valence-electron chi connectivity index (χ2n) is 4.90. The molecular formula is C17H14ClN3O4. The average molecular weight is 360 g/mol. The third-order valence-electron chi connectivity index (χ3n) is 3.17. The highest BCUT2D eigenvalue weighted by molar-refractivity contribution is 6.46. The van der Waals surface area contributed by atoms with Crippen LogP contribution >= 0.6 is 11.6 Å². The Hall–Kier alpha value is -3.06. The predicted octanol–water partition coefficient (Wildman–Crippen LogP) is 1.44. The third-order valence-corrected chi connectivity index (χ3v) is 3.42. The Labute approximate surface area is 148 Å². The molecule has 25 heavy (non-hydrogen) atoms. The van der Waals surface area contributed by atoms with Crippen LogP contribution in [0.2, 0.25) is 0 Å². The smallest absolute Gasteiger partial charge is 0.251 e. The molecule has 0 aliphatic rings. The summed E-state index contributed by atoms with van der Waals surface area (Å²) in [5.74, 6) is -2.90. The number of rotatable bonds is 7. The summed E-state index contributed by atoms with van der Waals surface area (Å²) in [7, 11) is 0. The van der Waals surface area contributed by atoms with Crippen LogP contribution < -0.4 is 10.6 Å². The van der Waals surface area contributed by atoms with E-state index in [2.05, 4.69) is 15.6 Å². The van der Waals surface area contributed by atoms with Crippen molar-refractivity contribution >= 4 is 40.7 Å². The molecule has 2 amide bonds. The van der Waals surface area contributed by atoms with Crippen LogP contribution in [0, 0.1) is 0 Å². The van der Waals surface area contributed by atoms with Gasteiger partial charge >= 0.3 is 0 Å². The number of alkyl halides is 1. The molecule has 0 radical (unpaired) electrons. The van der Waals surface area contributed by atoms with E-state index in [1.165, 1.54) is 36.7 Å². The molecule has 1 heterocycles. The molecule has 2 rings (SSSR count). The normalized spacial score (nSPS) is 9.96. The molecule has 1 aromatic heterocycles. The van der Waals surface area contributed by atoms with Crippen molar-refractivity contribution in [1.29, 1.82) is 0 Å². The van der Waals surface area contributed by atoms with Crippen LogP contribution in [0.25, 0.3) is 0 Å². The van der Waals surface area contributed by atoms with Gasteiger partial charge < -0.3 is 10.6 Å². The molecule has 0 fully saturated rings. The quantitative estimate of drug-likeness (QED) is 0.442. The fourth-order valence-corrected chi connectivity index (χ4v) is 2.04. The van der Waals surface area contributed by atoms with Crippen molar-refractivity contribution < 1.29 is 19.2 Å². The molecule has 8 heteroatoms. The van der Waals surface area contributed by atoms with Crippen molar-refractivity contribution in [3.63, 3.8) is 0 Å². The standard InChI is InChI=1S/C17H14ClN3O4/c18-9-15(23)21-13-4-2-1-3-12(13)16(24)14(22)10-20-17(25)11-5-7-19-8-6-11/h1-8H,9-10H2,(H,20,25)(H,21,23). The van der Waals surface area contributed by atoms with E-state index in [1.54, 1.807) is 12.1 Å². The number of hydrogen-bond acceptors (Lipinski definition) is 5. The Bertz CT molecular complexity index is 809. The van der Waals surface area contributed by atoms with Crippen molar-refractivity contribution in [3.05, 3.63) is 59.9 Å². The van der Waals surface area contributed by atoms with E-state index in [-0.39, 0.29) is 17.1 Å². The number of amides is 2. The van der Waals surface area contributed by atoms with Gasteiger partial charge in [0, 0.05) is 23.5 Å². The second-order valence-corrected chi connectivity index (χ2v) is 5.17. The van der Waals surface area contributed by atoms with Crippen LogP contribution in [0.5, 0.6) is 0 Å². The van der Waals surface area contributed by atoms with E-state index in [9.17, 15) is 19.2 Å². The molecule has 0 bridgehead atoms. The van der Waals surface area contributed by atoms with Crippen LogP contribution in [0.1, 0.15) is 20.7 Å². The Morgan fingerprint density at radius 2 is 1.68 bits per heavy atom. The van der Waals surface area contributed by atoms with Crippen LogP contribution in [0.3, 0.4) is 0 Å². The molecule has 2 N–H and O–H groups in total. The van der Waals surface area contributed by atoms with Gasteiger partial charge in [0.05, 0.1) is 12.2 Å². The number of ketones is 2. The van der Waals surface area contributed by atoms with E-state index in [1.807, 2.05) is 0 Å². The lowest BCUT2D eigenvalue weighted by molar-refractivity contribution is -0.115. The number of hydrogen-bond donors (Lipinski definition) is 2. The van der Waals surface area contributed by atoms with Gasteiger partial charge in [0.25, 0.3) is 5.91 Å². The van der Waals surface area contributed by atoms with E-state index in [0.717, 1.165) is 0 Å². The van der Waals surface area contributed by atoms with Crippen LogP contribution in [0.4, 0.5) is 5.69 Å². The maximum atomic E-state index is 12.3. The highest BCUT2D eigenvalue weighted by Crippen LogP contribution is 2.16. The summed E-state index contributed by atoms with van der Waals surface area (Å²) in [5.41, 5.74) is 0.543. The summed E-state index contributed by atoms with van der Waals surface area (Å²) in [4.78, 5) is 51.4. The minimum absolute atomic E-state index is 0.0316. The molecule has 0 aliphatic carbocycles. The molecule has 0 saturated carbocycles. The first-order valence-corrected chi connectivity index (χ1v) is 7.77. The number of carbonyl (C=O) groups is 4. The zero-order valence-electron chi connectivity index (χ0n) is 13.0. The fraction of sp³-hybridized carbons (Fsp3) is 0.118. The van der Waals surface area contributed by atoms with Gasteiger partial charge in [-0.05, 0) is 24.3 Å². The first-order chi connectivity index (χ1) is 12.0. The Kier molecular flexibility index (Phi) is 6.36. The van der Waals surface area contributed by atoms with Gasteiger partial charge in [-0.25, -0.2) is 0 Å². The second kappa shape index (κ2) is 8.70. The van der Waals surface area contributed by atoms with Gasteiger partial charge in [-0.3, -0.25) is 24.2 Å². The number of anilines is 1. The lowest BCUT2D eigenvalue weighted by atomic mass is 10.0. The van der Waals surface area contributed by atoms with Gasteiger partial charge in [0.15, 0.2) is 0 Å². The molecule has 0 aliphatic heterocycles. The molecule has 0 atom stereocenters. The summed E-state index contributed by atoms with van der Waals surface area (Å²) >= 11 is 5.42. The third kappa shape index (κ3) is 4.95. The number of benzene rings is 1. The van der Waals surface area contributed by atoms with Crippen molar-refractivity contribution in [2.75, 3.05) is 17.7 Å². The maximum absolute atomic E-state index is 12.3. The van der Waals surface area contributed by atoms with Gasteiger partial charge in [-0.1, -0.05) is 12.1 Å². The van der Waals surface area contributed by atoms with E-state index < -0.39 is 29.9 Å². The van der Waals surface area contributed by atoms with Crippen molar-refractivity contribution in [1.82, 2.24) is 10.3 Å². The van der Waals surface area contributed by atoms with Crippen LogP contribution in [0.15, 0.2) is 48.8 Å². The topological polar surface area (TPSA) is 105 Å². The number of carbonyl (C=O) groups excluding carboxylic acids is 4. The van der Waals surface area contributed by atoms with Gasteiger partial charge in [0.2, 0.25) is 17.5 Å². The lowest BCUT2D eigenvalue weighted by Crippen LogP contribution is -2.33. The minimum Gasteiger partial charge on any atom is -0.344 e. The summed E-state index contributed by atoms with van der Waals surface area (Å²) in [6.45, 7) is -0.461. The molecule has 0 saturated heterocycles. The molecule has 128 valence electrons. The summed E-state index contributed by atoms with van der Waals surface area (Å²) in [5, 5.41) is 4.82. The number of para-hydroxylation sites is 1. The minimum atomic E-state index is -0.819. The van der Waals surface area contributed by atoms with Crippen molar-refractivity contribution in [3.8, 4) is 0 Å². The average Bonchev–Trinajstić information content (AvgIpc) is 2.66. The summed E-state index contributed by atoms with van der Waals surface area (Å²) < 4.78 is 0. The maximum Gasteiger partial charge on any atom is 0.251 e. The number of pyridine rings is 1. The largest absolute Gasteiger partial charge is 0.344 e. The Morgan fingerprint density at radius 3 is 2.36 bits per heavy atom. The zero-order valence-corrected chi connectivity index (χ0v) is 13.7. The van der Waals surface area contributed by atoms with Crippen molar-refractivity contribution in [2.24, 2.45) is 0 Å². The zero-order chi connectivity index (χ0) is 18.2. The molecule has 0 spiro atoms. The molecule has 2 aromatic rings. The Morgan fingerprint density at radius 1 is 1.00 bits per heavy atom. The monoisotopic (exact) mass is 359 g/mol. The number of nitrogens with one attached hydrogen (secondary N) is 2. The van der Waals surface area contributed by atoms with E-state index >= 15 is 0 Å². The number of Topliss-reactive ketones (excluding diaryl/α,β-unsaturated/α-hetero) is 2. The SMILES string of the molecule is O=C(CCl)Nc1ccccc1C(=O)C(=O)CNC(=O)c1ccncc1. The van der Waals surface area contributed by atoms with Gasteiger partial charge in [-0.2, -0.15) is 0 Å².